The van der Waals surface area contributed by atoms with Gasteiger partial charge >= 0.3 is 0 Å². The molecule has 0 bridgehead atoms. The van der Waals surface area contributed by atoms with Gasteiger partial charge in [-0.3, -0.25) is 5.10 Å². The van der Waals surface area contributed by atoms with Crippen LogP contribution in [0.2, 0.25) is 0 Å². The molecule has 0 saturated carbocycles. The number of piperidine rings is 1. The fraction of sp³-hybridized carbons (Fsp3) is 0.750. The Bertz CT molecular complexity index is 468. The molecule has 1 saturated heterocycles. The predicted molar refractivity (Wildman–Crippen MR) is 70.6 cm³/mol. The number of aromatic nitrogens is 2. The molecular formula is C12H21N3O2S. The summed E-state index contributed by atoms with van der Waals surface area (Å²) in [5.41, 5.74) is 1.09. The van der Waals surface area contributed by atoms with E-state index in [2.05, 4.69) is 10.2 Å². The molecule has 102 valence electrons. The highest BCUT2D eigenvalue weighted by molar-refractivity contribution is 7.89. The average molecular weight is 271 g/mol. The quantitative estimate of drug-likeness (QED) is 0.900. The highest BCUT2D eigenvalue weighted by atomic mass is 32.2. The lowest BCUT2D eigenvalue weighted by atomic mass is 9.95. The summed E-state index contributed by atoms with van der Waals surface area (Å²) in [7, 11) is -3.10. The molecule has 0 radical (unpaired) electrons. The van der Waals surface area contributed by atoms with Gasteiger partial charge in [0.2, 0.25) is 10.0 Å². The Hall–Kier alpha value is -0.880. The number of aromatic amines is 1. The van der Waals surface area contributed by atoms with Crippen molar-refractivity contribution in [3.05, 3.63) is 18.0 Å². The van der Waals surface area contributed by atoms with Gasteiger partial charge in [-0.05, 0) is 45.1 Å². The van der Waals surface area contributed by atoms with E-state index in [1.807, 2.05) is 6.07 Å². The van der Waals surface area contributed by atoms with Gasteiger partial charge in [0.1, 0.15) is 0 Å². The van der Waals surface area contributed by atoms with Gasteiger partial charge in [0.25, 0.3) is 0 Å². The van der Waals surface area contributed by atoms with Gasteiger partial charge in [0.05, 0.1) is 5.25 Å². The Labute approximate surface area is 109 Å². The second-order valence-electron chi connectivity index (χ2n) is 5.25. The van der Waals surface area contributed by atoms with E-state index in [-0.39, 0.29) is 5.25 Å². The summed E-state index contributed by atoms with van der Waals surface area (Å²) in [4.78, 5) is 0. The summed E-state index contributed by atoms with van der Waals surface area (Å²) in [6.45, 7) is 4.79. The first-order valence-electron chi connectivity index (χ1n) is 6.47. The number of nitrogens with zero attached hydrogens (tertiary/aromatic N) is 2. The van der Waals surface area contributed by atoms with E-state index in [1.165, 1.54) is 0 Å². The average Bonchev–Trinajstić information content (AvgIpc) is 2.82. The molecule has 1 atom stereocenters. The zero-order valence-corrected chi connectivity index (χ0v) is 11.8. The molecule has 0 amide bonds. The minimum atomic E-state index is -3.10. The van der Waals surface area contributed by atoms with Gasteiger partial charge in [0.15, 0.2) is 0 Å². The summed E-state index contributed by atoms with van der Waals surface area (Å²) in [6, 6.07) is 1.95. The van der Waals surface area contributed by atoms with Crippen LogP contribution in [0.1, 0.15) is 32.4 Å². The summed E-state index contributed by atoms with van der Waals surface area (Å²) in [6.07, 6.45) is 4.65. The van der Waals surface area contributed by atoms with Crippen molar-refractivity contribution in [3.8, 4) is 0 Å². The maximum atomic E-state index is 12.1. The summed E-state index contributed by atoms with van der Waals surface area (Å²) in [5, 5.41) is 6.54. The monoisotopic (exact) mass is 271 g/mol. The minimum absolute atomic E-state index is 0.330. The molecule has 0 aliphatic carbocycles. The molecule has 2 heterocycles. The minimum Gasteiger partial charge on any atom is -0.283 e. The van der Waals surface area contributed by atoms with E-state index < -0.39 is 10.0 Å². The van der Waals surface area contributed by atoms with E-state index in [0.717, 1.165) is 25.0 Å². The molecule has 0 spiro atoms. The molecule has 6 heteroatoms. The van der Waals surface area contributed by atoms with Crippen LogP contribution in [-0.4, -0.2) is 41.3 Å². The maximum absolute atomic E-state index is 12.1. The van der Waals surface area contributed by atoms with Crippen LogP contribution >= 0.6 is 0 Å². The lowest BCUT2D eigenvalue weighted by Gasteiger charge is -2.32. The Morgan fingerprint density at radius 1 is 1.56 bits per heavy atom. The van der Waals surface area contributed by atoms with Crippen molar-refractivity contribution in [3.63, 3.8) is 0 Å². The van der Waals surface area contributed by atoms with Crippen LogP contribution in [0.15, 0.2) is 12.3 Å². The molecule has 1 fully saturated rings. The van der Waals surface area contributed by atoms with Crippen molar-refractivity contribution in [1.29, 1.82) is 0 Å². The third-order valence-corrected chi connectivity index (χ3v) is 5.75. The summed E-state index contributed by atoms with van der Waals surface area (Å²) >= 11 is 0. The van der Waals surface area contributed by atoms with Crippen molar-refractivity contribution in [2.24, 2.45) is 5.92 Å². The van der Waals surface area contributed by atoms with Crippen LogP contribution in [0.3, 0.4) is 0 Å². The summed E-state index contributed by atoms with van der Waals surface area (Å²) in [5.74, 6) is 0.396. The summed E-state index contributed by atoms with van der Waals surface area (Å²) < 4.78 is 25.9. The Kier molecular flexibility index (Phi) is 4.07. The van der Waals surface area contributed by atoms with Crippen LogP contribution in [0.4, 0.5) is 0 Å². The fourth-order valence-corrected chi connectivity index (χ4v) is 3.83. The third kappa shape index (κ3) is 2.92. The Morgan fingerprint density at radius 3 is 2.94 bits per heavy atom. The second-order valence-corrected chi connectivity index (χ2v) is 7.74. The van der Waals surface area contributed by atoms with E-state index in [4.69, 9.17) is 0 Å². The van der Waals surface area contributed by atoms with Crippen LogP contribution in [-0.2, 0) is 16.4 Å². The molecule has 5 nitrogen and oxygen atoms in total. The van der Waals surface area contributed by atoms with E-state index in [9.17, 15) is 8.42 Å². The molecule has 1 aliphatic heterocycles. The van der Waals surface area contributed by atoms with E-state index in [0.29, 0.717) is 19.0 Å². The number of rotatable bonds is 4. The number of hydrogen-bond donors (Lipinski definition) is 1. The molecule has 18 heavy (non-hydrogen) atoms. The molecule has 1 N–H and O–H groups in total. The van der Waals surface area contributed by atoms with Crippen LogP contribution in [0.5, 0.6) is 0 Å². The zero-order valence-electron chi connectivity index (χ0n) is 11.0. The predicted octanol–water partition coefficient (Wildman–Crippen LogP) is 1.40. The number of sulfonamides is 1. The molecular weight excluding hydrogens is 250 g/mol. The van der Waals surface area contributed by atoms with Crippen molar-refractivity contribution < 1.29 is 8.42 Å². The molecule has 1 aromatic heterocycles. The smallest absolute Gasteiger partial charge is 0.216 e. The maximum Gasteiger partial charge on any atom is 0.216 e. The van der Waals surface area contributed by atoms with Crippen LogP contribution in [0, 0.1) is 5.92 Å². The van der Waals surface area contributed by atoms with Gasteiger partial charge in [0, 0.05) is 25.0 Å². The normalized spacial score (nSPS) is 22.5. The Balaban J connectivity index is 2.01. The molecule has 1 aliphatic rings. The SMILES string of the molecule is CC(C)S(=O)(=O)N1CCC[C@H](Cc2ccn[nH]2)C1. The van der Waals surface area contributed by atoms with Gasteiger partial charge in [-0.15, -0.1) is 0 Å². The second kappa shape index (κ2) is 5.40. The van der Waals surface area contributed by atoms with Crippen molar-refractivity contribution >= 4 is 10.0 Å². The van der Waals surface area contributed by atoms with Gasteiger partial charge in [-0.2, -0.15) is 5.10 Å². The van der Waals surface area contributed by atoms with Crippen molar-refractivity contribution in [2.45, 2.75) is 38.4 Å². The molecule has 2 rings (SSSR count). The number of hydrogen-bond acceptors (Lipinski definition) is 3. The first-order valence-corrected chi connectivity index (χ1v) is 7.97. The number of H-pyrrole nitrogens is 1. The van der Waals surface area contributed by atoms with Gasteiger partial charge in [-0.25, -0.2) is 12.7 Å². The van der Waals surface area contributed by atoms with Crippen molar-refractivity contribution in [2.75, 3.05) is 13.1 Å². The highest BCUT2D eigenvalue weighted by Crippen LogP contribution is 2.23. The van der Waals surface area contributed by atoms with Crippen molar-refractivity contribution in [1.82, 2.24) is 14.5 Å². The highest BCUT2D eigenvalue weighted by Gasteiger charge is 2.30. The zero-order chi connectivity index (χ0) is 13.2. The van der Waals surface area contributed by atoms with Crippen LogP contribution < -0.4 is 0 Å². The van der Waals surface area contributed by atoms with E-state index in [1.54, 1.807) is 24.3 Å². The first-order chi connectivity index (χ1) is 8.50. The lowest BCUT2D eigenvalue weighted by Crippen LogP contribution is -2.43. The Morgan fingerprint density at radius 2 is 2.33 bits per heavy atom. The van der Waals surface area contributed by atoms with E-state index >= 15 is 0 Å². The molecule has 0 unspecified atom stereocenters. The lowest BCUT2D eigenvalue weighted by molar-refractivity contribution is 0.262. The standard InChI is InChI=1S/C12H21N3O2S/c1-10(2)18(16,17)15-7-3-4-11(9-15)8-12-5-6-13-14-12/h5-6,10-11H,3-4,7-9H2,1-2H3,(H,13,14)/t11-/m1/s1. The largest absolute Gasteiger partial charge is 0.283 e. The first kappa shape index (κ1) is 13.5. The number of nitrogens with one attached hydrogen (secondary N) is 1. The molecule has 0 aromatic carbocycles. The van der Waals surface area contributed by atoms with Gasteiger partial charge < -0.3 is 0 Å². The van der Waals surface area contributed by atoms with Crippen LogP contribution in [0.25, 0.3) is 0 Å². The molecule has 1 aromatic rings. The third-order valence-electron chi connectivity index (χ3n) is 3.50. The fourth-order valence-electron chi connectivity index (χ4n) is 2.43. The van der Waals surface area contributed by atoms with Gasteiger partial charge in [-0.1, -0.05) is 0 Å². The topological polar surface area (TPSA) is 66.1 Å².